The summed E-state index contributed by atoms with van der Waals surface area (Å²) in [5.41, 5.74) is 3.15. The molecule has 0 aromatic heterocycles. The van der Waals surface area contributed by atoms with E-state index in [-0.39, 0.29) is 5.91 Å². The lowest BCUT2D eigenvalue weighted by molar-refractivity contribution is -0.115. The van der Waals surface area contributed by atoms with Gasteiger partial charge in [0.1, 0.15) is 0 Å². The van der Waals surface area contributed by atoms with Gasteiger partial charge in [-0.05, 0) is 37.9 Å². The van der Waals surface area contributed by atoms with E-state index in [0.717, 1.165) is 36.2 Å². The van der Waals surface area contributed by atoms with Crippen molar-refractivity contribution in [2.45, 2.75) is 33.6 Å². The molecule has 0 heterocycles. The number of nitrogens with one attached hydrogen (secondary N) is 2. The summed E-state index contributed by atoms with van der Waals surface area (Å²) in [6, 6.07) is 6.01. The number of benzene rings is 1. The van der Waals surface area contributed by atoms with Gasteiger partial charge < -0.3 is 10.6 Å². The Morgan fingerprint density at radius 1 is 1.24 bits per heavy atom. The van der Waals surface area contributed by atoms with Gasteiger partial charge in [0.05, 0.1) is 6.54 Å². The van der Waals surface area contributed by atoms with Gasteiger partial charge in [0.15, 0.2) is 0 Å². The van der Waals surface area contributed by atoms with Crippen LogP contribution in [0.4, 0.5) is 5.69 Å². The highest BCUT2D eigenvalue weighted by Gasteiger charge is 2.06. The summed E-state index contributed by atoms with van der Waals surface area (Å²) in [6.45, 7) is 7.43. The molecule has 1 rings (SSSR count). The lowest BCUT2D eigenvalue weighted by Gasteiger charge is -2.11. The highest BCUT2D eigenvalue weighted by molar-refractivity contribution is 5.93. The monoisotopic (exact) mass is 234 g/mol. The van der Waals surface area contributed by atoms with E-state index in [1.54, 1.807) is 0 Å². The Morgan fingerprint density at radius 2 is 1.88 bits per heavy atom. The Balaban J connectivity index is 2.45. The maximum atomic E-state index is 11.7. The Morgan fingerprint density at radius 3 is 2.47 bits per heavy atom. The van der Waals surface area contributed by atoms with Gasteiger partial charge in [-0.1, -0.05) is 31.5 Å². The molecular weight excluding hydrogens is 212 g/mol. The van der Waals surface area contributed by atoms with Crippen LogP contribution in [-0.4, -0.2) is 19.0 Å². The number of aryl methyl sites for hydroxylation is 2. The van der Waals surface area contributed by atoms with Gasteiger partial charge in [-0.15, -0.1) is 0 Å². The molecule has 0 spiro atoms. The van der Waals surface area contributed by atoms with E-state index in [9.17, 15) is 4.79 Å². The zero-order valence-corrected chi connectivity index (χ0v) is 11.0. The lowest BCUT2D eigenvalue weighted by Crippen LogP contribution is -2.29. The summed E-state index contributed by atoms with van der Waals surface area (Å²) in [5, 5.41) is 6.09. The highest BCUT2D eigenvalue weighted by Crippen LogP contribution is 2.18. The van der Waals surface area contributed by atoms with Crippen molar-refractivity contribution in [3.05, 3.63) is 29.3 Å². The van der Waals surface area contributed by atoms with Gasteiger partial charge >= 0.3 is 0 Å². The number of carbonyl (C=O) groups is 1. The lowest BCUT2D eigenvalue weighted by atomic mass is 10.1. The van der Waals surface area contributed by atoms with Crippen molar-refractivity contribution in [3.8, 4) is 0 Å². The van der Waals surface area contributed by atoms with Crippen LogP contribution in [0.25, 0.3) is 0 Å². The molecule has 1 aromatic carbocycles. The molecule has 0 bridgehead atoms. The second-order valence-corrected chi connectivity index (χ2v) is 4.35. The third kappa shape index (κ3) is 4.57. The Hall–Kier alpha value is -1.35. The first-order valence-electron chi connectivity index (χ1n) is 6.22. The molecule has 0 aliphatic rings. The van der Waals surface area contributed by atoms with Crippen molar-refractivity contribution in [2.24, 2.45) is 0 Å². The SMILES string of the molecule is CCCCNCC(=O)Nc1c(C)cccc1C. The largest absolute Gasteiger partial charge is 0.324 e. The molecule has 1 aromatic rings. The number of anilines is 1. The second-order valence-electron chi connectivity index (χ2n) is 4.35. The molecule has 0 saturated heterocycles. The molecule has 3 nitrogen and oxygen atoms in total. The molecular formula is C14H22N2O. The minimum absolute atomic E-state index is 0.0264. The molecule has 0 atom stereocenters. The van der Waals surface area contributed by atoms with E-state index in [4.69, 9.17) is 0 Å². The number of unbranched alkanes of at least 4 members (excludes halogenated alkanes) is 1. The average molecular weight is 234 g/mol. The van der Waals surface area contributed by atoms with Crippen LogP contribution in [0.3, 0.4) is 0 Å². The van der Waals surface area contributed by atoms with Crippen molar-refractivity contribution >= 4 is 11.6 Å². The number of carbonyl (C=O) groups excluding carboxylic acids is 1. The predicted molar refractivity (Wildman–Crippen MR) is 72.3 cm³/mol. The number of para-hydroxylation sites is 1. The van der Waals surface area contributed by atoms with E-state index >= 15 is 0 Å². The molecule has 2 N–H and O–H groups in total. The maximum absolute atomic E-state index is 11.7. The minimum Gasteiger partial charge on any atom is -0.324 e. The molecule has 17 heavy (non-hydrogen) atoms. The van der Waals surface area contributed by atoms with Crippen molar-refractivity contribution in [1.82, 2.24) is 5.32 Å². The molecule has 0 radical (unpaired) electrons. The normalized spacial score (nSPS) is 10.3. The van der Waals surface area contributed by atoms with Gasteiger partial charge in [-0.2, -0.15) is 0 Å². The summed E-state index contributed by atoms with van der Waals surface area (Å²) in [5.74, 6) is 0.0264. The van der Waals surface area contributed by atoms with Gasteiger partial charge in [-0.25, -0.2) is 0 Å². The summed E-state index contributed by atoms with van der Waals surface area (Å²) < 4.78 is 0. The summed E-state index contributed by atoms with van der Waals surface area (Å²) in [4.78, 5) is 11.7. The molecule has 0 unspecified atom stereocenters. The molecule has 0 saturated carbocycles. The molecule has 0 aliphatic carbocycles. The first-order chi connectivity index (χ1) is 8.15. The third-order valence-corrected chi connectivity index (χ3v) is 2.74. The standard InChI is InChI=1S/C14H22N2O/c1-4-5-9-15-10-13(17)16-14-11(2)7-6-8-12(14)3/h6-8,15H,4-5,9-10H2,1-3H3,(H,16,17). The molecule has 0 fully saturated rings. The quantitative estimate of drug-likeness (QED) is 0.743. The Kier molecular flexibility index (Phi) is 5.70. The van der Waals surface area contributed by atoms with Crippen LogP contribution in [-0.2, 0) is 4.79 Å². The summed E-state index contributed by atoms with van der Waals surface area (Å²) in [7, 11) is 0. The fourth-order valence-corrected chi connectivity index (χ4v) is 1.70. The van der Waals surface area contributed by atoms with Gasteiger partial charge in [0.2, 0.25) is 5.91 Å². The van der Waals surface area contributed by atoms with Crippen LogP contribution >= 0.6 is 0 Å². The first-order valence-corrected chi connectivity index (χ1v) is 6.22. The van der Waals surface area contributed by atoms with Crippen molar-refractivity contribution in [1.29, 1.82) is 0 Å². The predicted octanol–water partition coefficient (Wildman–Crippen LogP) is 2.63. The van der Waals surface area contributed by atoms with Gasteiger partial charge in [0, 0.05) is 5.69 Å². The van der Waals surface area contributed by atoms with E-state index in [1.807, 2.05) is 32.0 Å². The zero-order chi connectivity index (χ0) is 12.7. The third-order valence-electron chi connectivity index (χ3n) is 2.74. The fourth-order valence-electron chi connectivity index (χ4n) is 1.70. The minimum atomic E-state index is 0.0264. The maximum Gasteiger partial charge on any atom is 0.238 e. The second kappa shape index (κ2) is 7.07. The van der Waals surface area contributed by atoms with Crippen molar-refractivity contribution < 1.29 is 4.79 Å². The van der Waals surface area contributed by atoms with Gasteiger partial charge in [0.25, 0.3) is 0 Å². The molecule has 94 valence electrons. The first kappa shape index (κ1) is 13.7. The van der Waals surface area contributed by atoms with Crippen LogP contribution in [0, 0.1) is 13.8 Å². The Bertz CT molecular complexity index is 354. The van der Waals surface area contributed by atoms with Crippen LogP contribution < -0.4 is 10.6 Å². The zero-order valence-electron chi connectivity index (χ0n) is 11.0. The molecule has 1 amide bonds. The topological polar surface area (TPSA) is 41.1 Å². The van der Waals surface area contributed by atoms with Crippen LogP contribution in [0.5, 0.6) is 0 Å². The highest BCUT2D eigenvalue weighted by atomic mass is 16.1. The van der Waals surface area contributed by atoms with Crippen LogP contribution in [0.2, 0.25) is 0 Å². The summed E-state index contributed by atoms with van der Waals surface area (Å²) >= 11 is 0. The van der Waals surface area contributed by atoms with E-state index in [1.165, 1.54) is 0 Å². The molecule has 3 heteroatoms. The van der Waals surface area contributed by atoms with Crippen LogP contribution in [0.1, 0.15) is 30.9 Å². The average Bonchev–Trinajstić information content (AvgIpc) is 2.30. The summed E-state index contributed by atoms with van der Waals surface area (Å²) in [6.07, 6.45) is 2.25. The van der Waals surface area contributed by atoms with Crippen LogP contribution in [0.15, 0.2) is 18.2 Å². The Labute approximate surface area is 104 Å². The number of amides is 1. The van der Waals surface area contributed by atoms with E-state index in [2.05, 4.69) is 17.6 Å². The van der Waals surface area contributed by atoms with Crippen molar-refractivity contribution in [2.75, 3.05) is 18.4 Å². The van der Waals surface area contributed by atoms with Gasteiger partial charge in [-0.3, -0.25) is 4.79 Å². The van der Waals surface area contributed by atoms with Crippen molar-refractivity contribution in [3.63, 3.8) is 0 Å². The van der Waals surface area contributed by atoms with E-state index < -0.39 is 0 Å². The number of rotatable bonds is 6. The molecule has 0 aliphatic heterocycles. The smallest absolute Gasteiger partial charge is 0.238 e. The number of hydrogen-bond acceptors (Lipinski definition) is 2. The van der Waals surface area contributed by atoms with E-state index in [0.29, 0.717) is 6.54 Å². The fraction of sp³-hybridized carbons (Fsp3) is 0.500. The number of hydrogen-bond donors (Lipinski definition) is 2.